The van der Waals surface area contributed by atoms with E-state index in [1.807, 2.05) is 32.2 Å². The molecular weight excluding hydrogens is 364 g/mol. The molecule has 3 rings (SSSR count). The molecule has 0 aliphatic carbocycles. The van der Waals surface area contributed by atoms with Crippen molar-refractivity contribution in [2.45, 2.75) is 25.6 Å². The molecule has 0 bridgehead atoms. The highest BCUT2D eigenvalue weighted by molar-refractivity contribution is 5.76. The van der Waals surface area contributed by atoms with Crippen LogP contribution in [0, 0.1) is 6.92 Å². The molecule has 0 saturated carbocycles. The molecule has 1 aliphatic heterocycles. The number of ether oxygens (including phenoxy) is 1. The molecule has 152 valence electrons. The Morgan fingerprint density at radius 3 is 2.75 bits per heavy atom. The number of H-pyrrole nitrogens is 1. The number of aromatic nitrogens is 4. The summed E-state index contributed by atoms with van der Waals surface area (Å²) in [6.45, 7) is 2.92. The molecule has 0 aromatic carbocycles. The molecule has 0 unspecified atom stereocenters. The van der Waals surface area contributed by atoms with Crippen LogP contribution in [-0.4, -0.2) is 74.9 Å². The highest BCUT2D eigenvalue weighted by atomic mass is 16.5. The second-order valence-corrected chi connectivity index (χ2v) is 7.35. The number of aromatic amines is 1. The van der Waals surface area contributed by atoms with Gasteiger partial charge in [0.2, 0.25) is 5.91 Å². The molecule has 2 aromatic heterocycles. The van der Waals surface area contributed by atoms with Crippen molar-refractivity contribution in [3.63, 3.8) is 0 Å². The summed E-state index contributed by atoms with van der Waals surface area (Å²) in [6.07, 6.45) is 4.80. The second kappa shape index (κ2) is 8.11. The predicted octanol–water partition coefficient (Wildman–Crippen LogP) is -0.891. The van der Waals surface area contributed by atoms with Gasteiger partial charge in [0.1, 0.15) is 6.54 Å². The van der Waals surface area contributed by atoms with Crippen LogP contribution in [0.15, 0.2) is 28.2 Å². The fourth-order valence-corrected chi connectivity index (χ4v) is 3.49. The Morgan fingerprint density at radius 1 is 1.36 bits per heavy atom. The van der Waals surface area contributed by atoms with Crippen LogP contribution in [0.1, 0.15) is 17.2 Å². The number of carbonyl (C=O) groups excluding carboxylic acids is 1. The molecule has 10 nitrogen and oxygen atoms in total. The zero-order valence-corrected chi connectivity index (χ0v) is 16.6. The maximum Gasteiger partial charge on any atom is 0.328 e. The zero-order chi connectivity index (χ0) is 20.4. The van der Waals surface area contributed by atoms with E-state index < -0.39 is 11.2 Å². The van der Waals surface area contributed by atoms with Crippen LogP contribution in [0.3, 0.4) is 0 Å². The number of hydrogen-bond acceptors (Lipinski definition) is 6. The Bertz CT molecular complexity index is 959. The largest absolute Gasteiger partial charge is 0.373 e. The van der Waals surface area contributed by atoms with Crippen molar-refractivity contribution in [3.05, 3.63) is 50.6 Å². The Morgan fingerprint density at radius 2 is 2.11 bits per heavy atom. The number of rotatable bonds is 5. The Hall–Kier alpha value is -2.72. The summed E-state index contributed by atoms with van der Waals surface area (Å²) in [5.74, 6) is -0.213. The first-order valence-corrected chi connectivity index (χ1v) is 9.11. The summed E-state index contributed by atoms with van der Waals surface area (Å²) in [5, 5.41) is 4.23. The molecular formula is C18H26N6O4. The van der Waals surface area contributed by atoms with E-state index in [0.29, 0.717) is 25.3 Å². The molecule has 2 atom stereocenters. The number of aryl methyl sites for hydroxylation is 2. The zero-order valence-electron chi connectivity index (χ0n) is 16.6. The topological polar surface area (TPSA) is 105 Å². The van der Waals surface area contributed by atoms with Crippen LogP contribution >= 0.6 is 0 Å². The molecule has 1 N–H and O–H groups in total. The normalized spacial score (nSPS) is 20.0. The third-order valence-electron chi connectivity index (χ3n) is 4.78. The predicted molar refractivity (Wildman–Crippen MR) is 102 cm³/mol. The van der Waals surface area contributed by atoms with E-state index in [1.54, 1.807) is 22.7 Å². The summed E-state index contributed by atoms with van der Waals surface area (Å²) in [4.78, 5) is 42.7. The number of morpholine rings is 1. The summed E-state index contributed by atoms with van der Waals surface area (Å²) in [6, 6.07) is -0.308. The van der Waals surface area contributed by atoms with Gasteiger partial charge in [-0.05, 0) is 21.0 Å². The van der Waals surface area contributed by atoms with Crippen LogP contribution < -0.4 is 11.2 Å². The maximum atomic E-state index is 13.1. The van der Waals surface area contributed by atoms with Crippen molar-refractivity contribution >= 4 is 5.91 Å². The molecule has 10 heteroatoms. The summed E-state index contributed by atoms with van der Waals surface area (Å²) < 4.78 is 8.89. The average molecular weight is 390 g/mol. The van der Waals surface area contributed by atoms with Gasteiger partial charge in [-0.25, -0.2) is 4.79 Å². The Labute approximate surface area is 162 Å². The van der Waals surface area contributed by atoms with Crippen LogP contribution in [-0.2, 0) is 23.1 Å². The first kappa shape index (κ1) is 20.0. The first-order valence-electron chi connectivity index (χ1n) is 9.11. The van der Waals surface area contributed by atoms with E-state index in [4.69, 9.17) is 4.74 Å². The minimum atomic E-state index is -0.597. The number of amides is 1. The van der Waals surface area contributed by atoms with Gasteiger partial charge in [-0.3, -0.25) is 23.8 Å². The van der Waals surface area contributed by atoms with E-state index in [1.165, 1.54) is 10.8 Å². The summed E-state index contributed by atoms with van der Waals surface area (Å²) in [7, 11) is 5.73. The summed E-state index contributed by atoms with van der Waals surface area (Å²) in [5.41, 5.74) is 0.218. The molecule has 3 heterocycles. The lowest BCUT2D eigenvalue weighted by atomic mass is 10.0. The Kier molecular flexibility index (Phi) is 5.80. The quantitative estimate of drug-likeness (QED) is 0.710. The van der Waals surface area contributed by atoms with E-state index in [9.17, 15) is 14.4 Å². The van der Waals surface area contributed by atoms with Crippen molar-refractivity contribution < 1.29 is 9.53 Å². The van der Waals surface area contributed by atoms with Gasteiger partial charge in [0.15, 0.2) is 0 Å². The minimum Gasteiger partial charge on any atom is -0.373 e. The van der Waals surface area contributed by atoms with Crippen molar-refractivity contribution in [2.75, 3.05) is 33.8 Å². The van der Waals surface area contributed by atoms with Crippen molar-refractivity contribution in [1.29, 1.82) is 0 Å². The molecule has 28 heavy (non-hydrogen) atoms. The van der Waals surface area contributed by atoms with Crippen LogP contribution in [0.5, 0.6) is 0 Å². The molecule has 1 amide bonds. The molecule has 2 aromatic rings. The van der Waals surface area contributed by atoms with E-state index in [0.717, 1.165) is 5.56 Å². The lowest BCUT2D eigenvalue weighted by Crippen LogP contribution is -2.52. The van der Waals surface area contributed by atoms with Gasteiger partial charge in [-0.2, -0.15) is 5.10 Å². The lowest BCUT2D eigenvalue weighted by molar-refractivity contribution is -0.148. The number of carbonyl (C=O) groups is 1. The first-order chi connectivity index (χ1) is 13.3. The number of likely N-dealkylation sites (N-methyl/N-ethyl adjacent to an activating group) is 1. The standard InChI is InChI=1S/C18H26N6O4/c1-12-8-23(18(27)20-17(12)26)11-15(25)24-5-6-28-14(10-21(2)3)16(24)13-7-19-22(4)9-13/h7-9,14,16H,5-6,10-11H2,1-4H3,(H,20,26,27)/t14-,16-/m0/s1. The molecule has 1 fully saturated rings. The van der Waals surface area contributed by atoms with Gasteiger partial charge in [-0.1, -0.05) is 0 Å². The van der Waals surface area contributed by atoms with Crippen molar-refractivity contribution in [1.82, 2.24) is 29.1 Å². The van der Waals surface area contributed by atoms with E-state index >= 15 is 0 Å². The Balaban J connectivity index is 1.90. The molecule has 1 saturated heterocycles. The maximum absolute atomic E-state index is 13.1. The number of nitrogens with one attached hydrogen (secondary N) is 1. The van der Waals surface area contributed by atoms with Gasteiger partial charge in [-0.15, -0.1) is 0 Å². The van der Waals surface area contributed by atoms with Gasteiger partial charge in [0.25, 0.3) is 5.56 Å². The minimum absolute atomic E-state index is 0.151. The van der Waals surface area contributed by atoms with Crippen LogP contribution in [0.2, 0.25) is 0 Å². The highest BCUT2D eigenvalue weighted by Crippen LogP contribution is 2.30. The summed E-state index contributed by atoms with van der Waals surface area (Å²) >= 11 is 0. The molecule has 0 radical (unpaired) electrons. The van der Waals surface area contributed by atoms with E-state index in [-0.39, 0.29) is 24.6 Å². The smallest absolute Gasteiger partial charge is 0.328 e. The molecule has 1 aliphatic rings. The lowest BCUT2D eigenvalue weighted by Gasteiger charge is -2.41. The monoisotopic (exact) mass is 390 g/mol. The van der Waals surface area contributed by atoms with E-state index in [2.05, 4.69) is 10.1 Å². The van der Waals surface area contributed by atoms with Crippen molar-refractivity contribution in [3.8, 4) is 0 Å². The fourth-order valence-electron chi connectivity index (χ4n) is 3.49. The average Bonchev–Trinajstić information content (AvgIpc) is 3.05. The number of hydrogen-bond donors (Lipinski definition) is 1. The SMILES string of the molecule is Cc1cn(CC(=O)N2CCO[C@@H](CN(C)C)[C@@H]2c2cnn(C)c2)c(=O)[nH]c1=O. The van der Waals surface area contributed by atoms with Crippen LogP contribution in [0.4, 0.5) is 0 Å². The van der Waals surface area contributed by atoms with Gasteiger partial charge < -0.3 is 14.5 Å². The third kappa shape index (κ3) is 4.23. The van der Waals surface area contributed by atoms with Crippen LogP contribution in [0.25, 0.3) is 0 Å². The highest BCUT2D eigenvalue weighted by Gasteiger charge is 2.37. The van der Waals surface area contributed by atoms with Gasteiger partial charge in [0.05, 0.1) is 24.9 Å². The fraction of sp³-hybridized carbons (Fsp3) is 0.556. The van der Waals surface area contributed by atoms with Gasteiger partial charge in [0, 0.05) is 43.7 Å². The third-order valence-corrected chi connectivity index (χ3v) is 4.78. The number of nitrogens with zero attached hydrogens (tertiary/aromatic N) is 5. The molecule has 0 spiro atoms. The van der Waals surface area contributed by atoms with Crippen molar-refractivity contribution in [2.24, 2.45) is 7.05 Å². The van der Waals surface area contributed by atoms with Gasteiger partial charge >= 0.3 is 5.69 Å². The second-order valence-electron chi connectivity index (χ2n) is 7.35.